The molecule has 3 fully saturated rings. The van der Waals surface area contributed by atoms with Crippen molar-refractivity contribution in [3.05, 3.63) is 71.8 Å². The van der Waals surface area contributed by atoms with Crippen LogP contribution in [0, 0.1) is 18.8 Å². The lowest BCUT2D eigenvalue weighted by molar-refractivity contribution is -0.142. The largest absolute Gasteiger partial charge is 0.497 e. The molecule has 4 aliphatic rings. The van der Waals surface area contributed by atoms with E-state index in [2.05, 4.69) is 10.6 Å². The zero-order chi connectivity index (χ0) is 27.1. The van der Waals surface area contributed by atoms with Gasteiger partial charge in [0.25, 0.3) is 0 Å². The minimum absolute atomic E-state index is 0.0905. The van der Waals surface area contributed by atoms with Gasteiger partial charge in [-0.15, -0.1) is 0 Å². The van der Waals surface area contributed by atoms with E-state index in [1.807, 2.05) is 43.3 Å². The third kappa shape index (κ3) is 4.50. The molecule has 2 aromatic rings. The van der Waals surface area contributed by atoms with Gasteiger partial charge in [0.2, 0.25) is 17.7 Å². The third-order valence-corrected chi connectivity index (χ3v) is 8.69. The van der Waals surface area contributed by atoms with Gasteiger partial charge in [-0.1, -0.05) is 67.3 Å². The van der Waals surface area contributed by atoms with E-state index in [0.29, 0.717) is 11.4 Å². The van der Waals surface area contributed by atoms with Crippen molar-refractivity contribution in [3.8, 4) is 5.75 Å². The molecule has 1 aliphatic carbocycles. The van der Waals surface area contributed by atoms with Crippen LogP contribution in [0.3, 0.4) is 0 Å². The molecule has 0 unspecified atom stereocenters. The maximum Gasteiger partial charge on any atom is 0.246 e. The summed E-state index contributed by atoms with van der Waals surface area (Å²) in [5.74, 6) is -1.65. The van der Waals surface area contributed by atoms with Crippen LogP contribution >= 0.6 is 0 Å². The van der Waals surface area contributed by atoms with Gasteiger partial charge >= 0.3 is 0 Å². The van der Waals surface area contributed by atoms with Crippen molar-refractivity contribution in [3.63, 3.8) is 0 Å². The Morgan fingerprint density at radius 2 is 1.85 bits per heavy atom. The highest BCUT2D eigenvalue weighted by molar-refractivity contribution is 6.02. The predicted molar refractivity (Wildman–Crippen MR) is 146 cm³/mol. The van der Waals surface area contributed by atoms with E-state index in [-0.39, 0.29) is 30.3 Å². The second-order valence-electron chi connectivity index (χ2n) is 11.2. The Kier molecular flexibility index (Phi) is 6.67. The van der Waals surface area contributed by atoms with Crippen LogP contribution in [0.2, 0.25) is 0 Å². The lowest BCUT2D eigenvalue weighted by atomic mass is 9.74. The smallest absolute Gasteiger partial charge is 0.246 e. The van der Waals surface area contributed by atoms with E-state index in [9.17, 15) is 14.4 Å². The highest BCUT2D eigenvalue weighted by Gasteiger charge is 2.72. The standard InChI is InChI=1S/C31H35N3O5/c1-19-11-13-20(14-12-19)18-34-27(29(36)32-21-7-4-3-5-8-21)31-16-15-24(39-31)25(26(31)30(34)37)28(35)33-22-9-6-10-23(17-22)38-2/h6,9-17,21,24-27H,3-5,7-8,18H2,1-2H3,(H,32,36)(H,33,35)/t24-,25+,26-,27+,31-/m1/s1. The first-order chi connectivity index (χ1) is 18.9. The van der Waals surface area contributed by atoms with Crippen molar-refractivity contribution in [1.82, 2.24) is 10.2 Å². The van der Waals surface area contributed by atoms with Crippen LogP contribution in [-0.2, 0) is 25.7 Å². The number of amides is 3. The number of benzene rings is 2. The lowest BCUT2D eigenvalue weighted by Gasteiger charge is -2.34. The Morgan fingerprint density at radius 3 is 2.59 bits per heavy atom. The highest BCUT2D eigenvalue weighted by Crippen LogP contribution is 2.55. The molecule has 2 N–H and O–H groups in total. The molecule has 6 rings (SSSR count). The van der Waals surface area contributed by atoms with Gasteiger partial charge in [-0.05, 0) is 37.5 Å². The van der Waals surface area contributed by atoms with Gasteiger partial charge < -0.3 is 25.0 Å². The monoisotopic (exact) mass is 529 g/mol. The van der Waals surface area contributed by atoms with Crippen molar-refractivity contribution in [2.24, 2.45) is 11.8 Å². The normalized spacial score (nSPS) is 29.4. The summed E-state index contributed by atoms with van der Waals surface area (Å²) < 4.78 is 11.7. The van der Waals surface area contributed by atoms with Gasteiger partial charge in [-0.2, -0.15) is 0 Å². The van der Waals surface area contributed by atoms with Gasteiger partial charge in [0.05, 0.1) is 25.0 Å². The molecule has 8 heteroatoms. The summed E-state index contributed by atoms with van der Waals surface area (Å²) in [6.45, 7) is 2.28. The van der Waals surface area contributed by atoms with E-state index >= 15 is 0 Å². The van der Waals surface area contributed by atoms with Gasteiger partial charge in [-0.25, -0.2) is 0 Å². The molecule has 2 saturated heterocycles. The van der Waals surface area contributed by atoms with Crippen LogP contribution in [0.5, 0.6) is 5.75 Å². The molecule has 2 bridgehead atoms. The summed E-state index contributed by atoms with van der Waals surface area (Å²) in [6, 6.07) is 14.3. The first kappa shape index (κ1) is 25.6. The second-order valence-corrected chi connectivity index (χ2v) is 11.2. The van der Waals surface area contributed by atoms with Gasteiger partial charge in [0.15, 0.2) is 0 Å². The fraction of sp³-hybridized carbons (Fsp3) is 0.452. The zero-order valence-corrected chi connectivity index (χ0v) is 22.4. The number of hydrogen-bond donors (Lipinski definition) is 2. The topological polar surface area (TPSA) is 97.0 Å². The second kappa shape index (κ2) is 10.2. The summed E-state index contributed by atoms with van der Waals surface area (Å²) in [6.07, 6.45) is 8.34. The zero-order valence-electron chi connectivity index (χ0n) is 22.4. The summed E-state index contributed by atoms with van der Waals surface area (Å²) in [5, 5.41) is 6.18. The van der Waals surface area contributed by atoms with E-state index in [1.54, 1.807) is 36.3 Å². The summed E-state index contributed by atoms with van der Waals surface area (Å²) in [4.78, 5) is 43.4. The number of carbonyl (C=O) groups is 3. The van der Waals surface area contributed by atoms with Gasteiger partial charge in [0.1, 0.15) is 17.4 Å². The maximum absolute atomic E-state index is 14.1. The number of hydrogen-bond acceptors (Lipinski definition) is 5. The first-order valence-electron chi connectivity index (χ1n) is 13.9. The van der Waals surface area contributed by atoms with Gasteiger partial charge in [-0.3, -0.25) is 14.4 Å². The molecule has 3 aliphatic heterocycles. The minimum atomic E-state index is -1.18. The first-order valence-corrected chi connectivity index (χ1v) is 13.9. The van der Waals surface area contributed by atoms with E-state index in [0.717, 1.165) is 36.8 Å². The number of nitrogens with one attached hydrogen (secondary N) is 2. The molecule has 5 atom stereocenters. The third-order valence-electron chi connectivity index (χ3n) is 8.69. The molecular formula is C31H35N3O5. The highest BCUT2D eigenvalue weighted by atomic mass is 16.5. The number of fused-ring (bicyclic) bond motifs is 1. The fourth-order valence-electron chi connectivity index (χ4n) is 6.78. The quantitative estimate of drug-likeness (QED) is 0.533. The molecule has 39 heavy (non-hydrogen) atoms. The van der Waals surface area contributed by atoms with Gasteiger partial charge in [0, 0.05) is 24.3 Å². The Hall–Kier alpha value is -3.65. The molecule has 3 amide bonds. The van der Waals surface area contributed by atoms with Crippen molar-refractivity contribution < 1.29 is 23.9 Å². The molecule has 1 spiro atoms. The molecule has 3 heterocycles. The molecule has 2 aromatic carbocycles. The number of nitrogens with zero attached hydrogens (tertiary/aromatic N) is 1. The van der Waals surface area contributed by atoms with Crippen LogP contribution in [-0.4, -0.2) is 53.5 Å². The average Bonchev–Trinajstić information content (AvgIpc) is 3.58. The van der Waals surface area contributed by atoms with E-state index < -0.39 is 29.6 Å². The number of rotatable bonds is 7. The number of anilines is 1. The summed E-state index contributed by atoms with van der Waals surface area (Å²) in [5.41, 5.74) is 1.44. The average molecular weight is 530 g/mol. The fourth-order valence-corrected chi connectivity index (χ4v) is 6.78. The van der Waals surface area contributed by atoms with Crippen LogP contribution in [0.4, 0.5) is 5.69 Å². The Labute approximate surface area is 228 Å². The maximum atomic E-state index is 14.1. The molecule has 1 saturated carbocycles. The number of aryl methyl sites for hydroxylation is 1. The van der Waals surface area contributed by atoms with Crippen molar-refractivity contribution in [2.45, 2.75) is 69.4 Å². The van der Waals surface area contributed by atoms with E-state index in [4.69, 9.17) is 9.47 Å². The van der Waals surface area contributed by atoms with Crippen LogP contribution in [0.15, 0.2) is 60.7 Å². The van der Waals surface area contributed by atoms with E-state index in [1.165, 1.54) is 6.42 Å². The molecule has 0 aromatic heterocycles. The molecule has 8 nitrogen and oxygen atoms in total. The Balaban J connectivity index is 1.32. The molecule has 204 valence electrons. The number of carbonyl (C=O) groups excluding carboxylic acids is 3. The van der Waals surface area contributed by atoms with Crippen molar-refractivity contribution in [1.29, 1.82) is 0 Å². The number of ether oxygens (including phenoxy) is 2. The SMILES string of the molecule is COc1cccc(NC(=O)[C@H]2[C@H]3C=C[C@]4(O3)[C@H](C(=O)NC3CCCCC3)N(Cc3ccc(C)cc3)C(=O)[C@@H]24)c1. The van der Waals surface area contributed by atoms with Crippen molar-refractivity contribution >= 4 is 23.4 Å². The number of methoxy groups -OCH3 is 1. The van der Waals surface area contributed by atoms with Crippen LogP contribution < -0.4 is 15.4 Å². The Bertz CT molecular complexity index is 1300. The summed E-state index contributed by atoms with van der Waals surface area (Å²) >= 11 is 0. The summed E-state index contributed by atoms with van der Waals surface area (Å²) in [7, 11) is 1.57. The minimum Gasteiger partial charge on any atom is -0.497 e. The predicted octanol–water partition coefficient (Wildman–Crippen LogP) is 3.74. The van der Waals surface area contributed by atoms with Crippen molar-refractivity contribution in [2.75, 3.05) is 12.4 Å². The number of likely N-dealkylation sites (tertiary alicyclic amines) is 1. The molecular weight excluding hydrogens is 494 g/mol. The van der Waals surface area contributed by atoms with Crippen LogP contribution in [0.1, 0.15) is 43.2 Å². The molecule has 0 radical (unpaired) electrons. The lowest BCUT2D eigenvalue weighted by Crippen LogP contribution is -2.56. The Morgan fingerprint density at radius 1 is 1.08 bits per heavy atom. The van der Waals surface area contributed by atoms with Crippen LogP contribution in [0.25, 0.3) is 0 Å².